The summed E-state index contributed by atoms with van der Waals surface area (Å²) in [6, 6.07) is 11.8. The molecule has 1 amide bonds. The van der Waals surface area contributed by atoms with E-state index in [9.17, 15) is 4.79 Å². The van der Waals surface area contributed by atoms with Crippen LogP contribution in [0.25, 0.3) is 0 Å². The van der Waals surface area contributed by atoms with Gasteiger partial charge in [0.25, 0.3) is 0 Å². The minimum atomic E-state index is 0. The third kappa shape index (κ3) is 8.77. The molecule has 1 aliphatic rings. The normalized spacial score (nSPS) is 20.4. The number of guanidine groups is 1. The number of hydrogen-bond acceptors (Lipinski definition) is 3. The fraction of sp³-hybridized carbons (Fsp3) is 0.619. The summed E-state index contributed by atoms with van der Waals surface area (Å²) in [6.45, 7) is 8.90. The SMILES string of the molecule is CN=C(NCCC(=O)NC(C)C)NC1CCN(Cc2ccccc2)C(C)C1.I. The largest absolute Gasteiger partial charge is 0.356 e. The zero-order chi connectivity index (χ0) is 19.6. The van der Waals surface area contributed by atoms with E-state index in [1.807, 2.05) is 13.8 Å². The summed E-state index contributed by atoms with van der Waals surface area (Å²) in [4.78, 5) is 18.6. The fourth-order valence-corrected chi connectivity index (χ4v) is 3.48. The Bertz CT molecular complexity index is 608. The Kier molecular flexibility index (Phi) is 11.4. The van der Waals surface area contributed by atoms with Gasteiger partial charge in [-0.3, -0.25) is 14.7 Å². The third-order valence-corrected chi connectivity index (χ3v) is 4.90. The van der Waals surface area contributed by atoms with Crippen LogP contribution < -0.4 is 16.0 Å². The number of amides is 1. The lowest BCUT2D eigenvalue weighted by Gasteiger charge is -2.38. The first kappa shape index (κ1) is 24.7. The van der Waals surface area contributed by atoms with Crippen molar-refractivity contribution in [1.82, 2.24) is 20.9 Å². The van der Waals surface area contributed by atoms with E-state index in [4.69, 9.17) is 0 Å². The summed E-state index contributed by atoms with van der Waals surface area (Å²) in [5, 5.41) is 9.67. The highest BCUT2D eigenvalue weighted by molar-refractivity contribution is 14.0. The lowest BCUT2D eigenvalue weighted by Crippen LogP contribution is -2.51. The first-order valence-electron chi connectivity index (χ1n) is 10.0. The van der Waals surface area contributed by atoms with Crippen LogP contribution in [0.1, 0.15) is 45.6 Å². The Labute approximate surface area is 187 Å². The van der Waals surface area contributed by atoms with Gasteiger partial charge in [-0.05, 0) is 39.2 Å². The molecule has 2 unspecified atom stereocenters. The van der Waals surface area contributed by atoms with Crippen molar-refractivity contribution < 1.29 is 4.79 Å². The van der Waals surface area contributed by atoms with Crippen LogP contribution in [0.3, 0.4) is 0 Å². The van der Waals surface area contributed by atoms with Crippen molar-refractivity contribution in [1.29, 1.82) is 0 Å². The molecule has 0 spiro atoms. The second kappa shape index (κ2) is 13.0. The second-order valence-electron chi connectivity index (χ2n) is 7.64. The number of halogens is 1. The molecule has 6 nitrogen and oxygen atoms in total. The third-order valence-electron chi connectivity index (χ3n) is 4.90. The van der Waals surface area contributed by atoms with Gasteiger partial charge in [-0.25, -0.2) is 0 Å². The highest BCUT2D eigenvalue weighted by Crippen LogP contribution is 2.19. The zero-order valence-electron chi connectivity index (χ0n) is 17.6. The van der Waals surface area contributed by atoms with Gasteiger partial charge in [-0.1, -0.05) is 30.3 Å². The van der Waals surface area contributed by atoms with Crippen molar-refractivity contribution in [2.75, 3.05) is 20.1 Å². The molecule has 2 rings (SSSR count). The maximum atomic E-state index is 11.7. The maximum absolute atomic E-state index is 11.7. The van der Waals surface area contributed by atoms with Gasteiger partial charge in [0.2, 0.25) is 5.91 Å². The Morgan fingerprint density at radius 1 is 1.29 bits per heavy atom. The number of carbonyl (C=O) groups excluding carboxylic acids is 1. The van der Waals surface area contributed by atoms with Gasteiger partial charge in [0.1, 0.15) is 0 Å². The summed E-state index contributed by atoms with van der Waals surface area (Å²) in [6.07, 6.45) is 2.62. The Morgan fingerprint density at radius 3 is 2.61 bits per heavy atom. The predicted molar refractivity (Wildman–Crippen MR) is 127 cm³/mol. The average molecular weight is 501 g/mol. The van der Waals surface area contributed by atoms with E-state index >= 15 is 0 Å². The molecular weight excluding hydrogens is 465 g/mol. The summed E-state index contributed by atoms with van der Waals surface area (Å²) < 4.78 is 0. The summed E-state index contributed by atoms with van der Waals surface area (Å²) in [5.41, 5.74) is 1.37. The van der Waals surface area contributed by atoms with Crippen LogP contribution in [0.2, 0.25) is 0 Å². The van der Waals surface area contributed by atoms with E-state index in [0.717, 1.165) is 31.9 Å². The lowest BCUT2D eigenvalue weighted by atomic mass is 9.97. The number of nitrogens with one attached hydrogen (secondary N) is 3. The topological polar surface area (TPSA) is 68.8 Å². The van der Waals surface area contributed by atoms with Crippen LogP contribution >= 0.6 is 24.0 Å². The van der Waals surface area contributed by atoms with Gasteiger partial charge < -0.3 is 16.0 Å². The zero-order valence-corrected chi connectivity index (χ0v) is 19.9. The summed E-state index contributed by atoms with van der Waals surface area (Å²) in [5.74, 6) is 0.844. The van der Waals surface area contributed by atoms with Crippen LogP contribution in [-0.4, -0.2) is 55.0 Å². The quantitative estimate of drug-likeness (QED) is 0.306. The highest BCUT2D eigenvalue weighted by atomic mass is 127. The Balaban J connectivity index is 0.00000392. The first-order valence-corrected chi connectivity index (χ1v) is 10.0. The van der Waals surface area contributed by atoms with Crippen LogP contribution in [0.5, 0.6) is 0 Å². The van der Waals surface area contributed by atoms with E-state index < -0.39 is 0 Å². The molecule has 1 aromatic rings. The summed E-state index contributed by atoms with van der Waals surface area (Å²) >= 11 is 0. The molecule has 0 bridgehead atoms. The van der Waals surface area contributed by atoms with E-state index in [-0.39, 0.29) is 35.9 Å². The van der Waals surface area contributed by atoms with E-state index in [1.165, 1.54) is 5.56 Å². The van der Waals surface area contributed by atoms with Crippen molar-refractivity contribution >= 4 is 35.8 Å². The minimum absolute atomic E-state index is 0. The lowest BCUT2D eigenvalue weighted by molar-refractivity contribution is -0.121. The first-order chi connectivity index (χ1) is 13.0. The molecule has 0 aromatic heterocycles. The van der Waals surface area contributed by atoms with Crippen LogP contribution in [0, 0.1) is 0 Å². The van der Waals surface area contributed by atoms with Crippen molar-refractivity contribution in [3.63, 3.8) is 0 Å². The van der Waals surface area contributed by atoms with Crippen LogP contribution in [-0.2, 0) is 11.3 Å². The molecule has 158 valence electrons. The molecule has 3 N–H and O–H groups in total. The number of piperidine rings is 1. The number of aliphatic imine (C=N–C) groups is 1. The van der Waals surface area contributed by atoms with Crippen molar-refractivity contribution in [3.05, 3.63) is 35.9 Å². The monoisotopic (exact) mass is 501 g/mol. The van der Waals surface area contributed by atoms with E-state index in [2.05, 4.69) is 63.1 Å². The van der Waals surface area contributed by atoms with Gasteiger partial charge in [-0.2, -0.15) is 0 Å². The van der Waals surface area contributed by atoms with Crippen LogP contribution in [0.15, 0.2) is 35.3 Å². The molecular formula is C21H36IN5O. The highest BCUT2D eigenvalue weighted by Gasteiger charge is 2.25. The Hall–Kier alpha value is -1.35. The molecule has 1 aliphatic heterocycles. The number of nitrogens with zero attached hydrogens (tertiary/aromatic N) is 2. The van der Waals surface area contributed by atoms with Crippen LogP contribution in [0.4, 0.5) is 0 Å². The molecule has 0 saturated carbocycles. The maximum Gasteiger partial charge on any atom is 0.221 e. The van der Waals surface area contributed by atoms with Crippen molar-refractivity contribution in [2.45, 2.75) is 64.7 Å². The average Bonchev–Trinajstić information content (AvgIpc) is 2.63. The number of rotatable bonds is 7. The van der Waals surface area contributed by atoms with Gasteiger partial charge in [0, 0.05) is 51.2 Å². The van der Waals surface area contributed by atoms with E-state index in [1.54, 1.807) is 7.05 Å². The molecule has 0 aliphatic carbocycles. The second-order valence-corrected chi connectivity index (χ2v) is 7.64. The Morgan fingerprint density at radius 2 is 2.00 bits per heavy atom. The van der Waals surface area contributed by atoms with Crippen molar-refractivity contribution in [3.8, 4) is 0 Å². The molecule has 1 heterocycles. The van der Waals surface area contributed by atoms with E-state index in [0.29, 0.717) is 25.0 Å². The molecule has 2 atom stereocenters. The number of hydrogen-bond donors (Lipinski definition) is 3. The minimum Gasteiger partial charge on any atom is -0.356 e. The molecule has 0 radical (unpaired) electrons. The molecule has 28 heavy (non-hydrogen) atoms. The number of likely N-dealkylation sites (tertiary alicyclic amines) is 1. The predicted octanol–water partition coefficient (Wildman–Crippen LogP) is 2.74. The summed E-state index contributed by atoms with van der Waals surface area (Å²) in [7, 11) is 1.78. The molecule has 1 saturated heterocycles. The van der Waals surface area contributed by atoms with Gasteiger partial charge >= 0.3 is 0 Å². The molecule has 7 heteroatoms. The molecule has 1 aromatic carbocycles. The van der Waals surface area contributed by atoms with Gasteiger partial charge in [0.15, 0.2) is 5.96 Å². The molecule has 1 fully saturated rings. The number of carbonyl (C=O) groups is 1. The number of benzene rings is 1. The van der Waals surface area contributed by atoms with Crippen molar-refractivity contribution in [2.24, 2.45) is 4.99 Å². The van der Waals surface area contributed by atoms with Gasteiger partial charge in [-0.15, -0.1) is 24.0 Å². The standard InChI is InChI=1S/C21H35N5O.HI/c1-16(2)24-20(27)10-12-23-21(22-4)25-19-11-13-26(17(3)14-19)15-18-8-6-5-7-9-18;/h5-9,16-17,19H,10-15H2,1-4H3,(H,24,27)(H2,22,23,25);1H. The van der Waals surface area contributed by atoms with Gasteiger partial charge in [0.05, 0.1) is 0 Å². The fourth-order valence-electron chi connectivity index (χ4n) is 3.48. The smallest absolute Gasteiger partial charge is 0.221 e.